The monoisotopic (exact) mass is 447 g/mol. The van der Waals surface area contributed by atoms with Crippen molar-refractivity contribution in [1.82, 2.24) is 15.3 Å². The number of halogens is 4. The van der Waals surface area contributed by atoms with Crippen LogP contribution in [0, 0.1) is 24.4 Å². The number of hydrogen-bond donors (Lipinski definition) is 2. The molecule has 4 nitrogen and oxygen atoms in total. The van der Waals surface area contributed by atoms with Crippen LogP contribution in [0.2, 0.25) is 0 Å². The summed E-state index contributed by atoms with van der Waals surface area (Å²) in [5.41, 5.74) is 3.69. The van der Waals surface area contributed by atoms with E-state index in [1.165, 1.54) is 6.20 Å². The molecule has 0 aliphatic carbocycles. The van der Waals surface area contributed by atoms with Gasteiger partial charge in [-0.3, -0.25) is 4.98 Å². The molecule has 0 aliphatic heterocycles. The fraction of sp³-hybridized carbons (Fsp3) is 0.174. The van der Waals surface area contributed by atoms with E-state index in [2.05, 4.69) is 21.4 Å². The fourth-order valence-electron chi connectivity index (χ4n) is 3.32. The number of aryl methyl sites for hydroxylation is 1. The highest BCUT2D eigenvalue weighted by Crippen LogP contribution is 2.26. The van der Waals surface area contributed by atoms with Gasteiger partial charge in [-0.25, -0.2) is 13.2 Å². The minimum atomic E-state index is -1.48. The number of hydrogen-bond acceptors (Lipinski definition) is 3. The Morgan fingerprint density at radius 2 is 1.77 bits per heavy atom. The molecule has 31 heavy (non-hydrogen) atoms. The molecular weight excluding hydrogens is 427 g/mol. The summed E-state index contributed by atoms with van der Waals surface area (Å²) in [6, 6.07) is 11.6. The van der Waals surface area contributed by atoms with Crippen LogP contribution in [0.25, 0.3) is 22.0 Å². The Bertz CT molecular complexity index is 1170. The third-order valence-corrected chi connectivity index (χ3v) is 4.74. The molecule has 0 spiro atoms. The van der Waals surface area contributed by atoms with Gasteiger partial charge in [-0.1, -0.05) is 6.07 Å². The molecule has 0 bridgehead atoms. The van der Waals surface area contributed by atoms with Crippen molar-refractivity contribution in [2.45, 2.75) is 13.5 Å². The molecule has 2 aromatic carbocycles. The Hall–Kier alpha value is -3.03. The number of nitrogens with one attached hydrogen (secondary N) is 2. The molecule has 0 radical (unpaired) electrons. The van der Waals surface area contributed by atoms with Crippen LogP contribution >= 0.6 is 12.4 Å². The Kier molecular flexibility index (Phi) is 7.20. The Morgan fingerprint density at radius 3 is 2.55 bits per heavy atom. The van der Waals surface area contributed by atoms with Gasteiger partial charge in [0.25, 0.3) is 0 Å². The fourth-order valence-corrected chi connectivity index (χ4v) is 3.32. The molecule has 4 aromatic rings. The second-order valence-electron chi connectivity index (χ2n) is 7.03. The minimum absolute atomic E-state index is 0. The summed E-state index contributed by atoms with van der Waals surface area (Å²) in [4.78, 5) is 7.39. The summed E-state index contributed by atoms with van der Waals surface area (Å²) in [6.07, 6.45) is 3.15. The standard InChI is InChI=1S/C23H20F3N3O.ClH/c1-14-7-18-21(29-14)3-2-4-22(18)30-6-5-27-11-15-8-17(13-28-12-15)16-9-19(24)23(26)20(25)10-16;/h2-4,7-10,12-13,27,29H,5-6,11H2,1H3;1H. The van der Waals surface area contributed by atoms with Crippen LogP contribution in [0.3, 0.4) is 0 Å². The number of pyridine rings is 1. The average Bonchev–Trinajstić information content (AvgIpc) is 3.12. The maximum atomic E-state index is 13.5. The predicted molar refractivity (Wildman–Crippen MR) is 117 cm³/mol. The van der Waals surface area contributed by atoms with Gasteiger partial charge in [0.15, 0.2) is 17.5 Å². The van der Waals surface area contributed by atoms with Crippen LogP contribution in [0.15, 0.2) is 54.9 Å². The first-order valence-electron chi connectivity index (χ1n) is 9.52. The number of fused-ring (bicyclic) bond motifs is 1. The highest BCUT2D eigenvalue weighted by Gasteiger charge is 2.12. The van der Waals surface area contributed by atoms with E-state index in [-0.39, 0.29) is 18.0 Å². The van der Waals surface area contributed by atoms with Crippen LogP contribution < -0.4 is 10.1 Å². The second kappa shape index (κ2) is 9.85. The van der Waals surface area contributed by atoms with Gasteiger partial charge in [0.05, 0.1) is 0 Å². The molecule has 0 fully saturated rings. The number of nitrogens with zero attached hydrogens (tertiary/aromatic N) is 1. The first-order valence-corrected chi connectivity index (χ1v) is 9.52. The Labute approximate surface area is 183 Å². The van der Waals surface area contributed by atoms with E-state index in [9.17, 15) is 13.2 Å². The molecule has 0 saturated heterocycles. The highest BCUT2D eigenvalue weighted by molar-refractivity contribution is 5.86. The summed E-state index contributed by atoms with van der Waals surface area (Å²) in [5.74, 6) is -3.10. The zero-order valence-corrected chi connectivity index (χ0v) is 17.5. The van der Waals surface area contributed by atoms with Gasteiger partial charge in [-0.15, -0.1) is 12.4 Å². The second-order valence-corrected chi connectivity index (χ2v) is 7.03. The SMILES string of the molecule is Cc1cc2c(OCCNCc3cncc(-c4cc(F)c(F)c(F)c4)c3)cccc2[nH]1.Cl. The summed E-state index contributed by atoms with van der Waals surface area (Å²) in [6.45, 7) is 3.58. The molecule has 0 unspecified atom stereocenters. The smallest absolute Gasteiger partial charge is 0.194 e. The van der Waals surface area contributed by atoms with Crippen LogP contribution in [0.1, 0.15) is 11.3 Å². The zero-order chi connectivity index (χ0) is 21.1. The normalized spacial score (nSPS) is 10.8. The maximum Gasteiger partial charge on any atom is 0.194 e. The van der Waals surface area contributed by atoms with Gasteiger partial charge in [0, 0.05) is 47.6 Å². The van der Waals surface area contributed by atoms with Gasteiger partial charge in [-0.05, 0) is 54.4 Å². The summed E-state index contributed by atoms with van der Waals surface area (Å²) < 4.78 is 46.0. The molecule has 4 rings (SSSR count). The topological polar surface area (TPSA) is 49.9 Å². The number of H-pyrrole nitrogens is 1. The van der Waals surface area contributed by atoms with E-state index in [0.717, 1.165) is 40.0 Å². The number of aromatic nitrogens is 2. The molecule has 2 heterocycles. The summed E-state index contributed by atoms with van der Waals surface area (Å²) >= 11 is 0. The van der Waals surface area contributed by atoms with Crippen molar-refractivity contribution in [3.63, 3.8) is 0 Å². The molecule has 0 aliphatic rings. The molecule has 0 amide bonds. The van der Waals surface area contributed by atoms with Crippen LogP contribution in [0.5, 0.6) is 5.75 Å². The van der Waals surface area contributed by atoms with E-state index in [0.29, 0.717) is 25.3 Å². The van der Waals surface area contributed by atoms with Gasteiger partial charge in [-0.2, -0.15) is 0 Å². The quantitative estimate of drug-likeness (QED) is 0.288. The number of benzene rings is 2. The summed E-state index contributed by atoms with van der Waals surface area (Å²) in [5, 5.41) is 4.30. The lowest BCUT2D eigenvalue weighted by Gasteiger charge is -2.10. The van der Waals surface area contributed by atoms with Gasteiger partial charge in [0.2, 0.25) is 0 Å². The van der Waals surface area contributed by atoms with E-state index in [1.807, 2.05) is 25.1 Å². The van der Waals surface area contributed by atoms with Crippen molar-refractivity contribution in [1.29, 1.82) is 0 Å². The van der Waals surface area contributed by atoms with E-state index >= 15 is 0 Å². The van der Waals surface area contributed by atoms with Crippen molar-refractivity contribution in [2.24, 2.45) is 0 Å². The van der Waals surface area contributed by atoms with Crippen molar-refractivity contribution in [2.75, 3.05) is 13.2 Å². The summed E-state index contributed by atoms with van der Waals surface area (Å²) in [7, 11) is 0. The van der Waals surface area contributed by atoms with Crippen molar-refractivity contribution >= 4 is 23.3 Å². The Morgan fingerprint density at radius 1 is 1.00 bits per heavy atom. The molecule has 162 valence electrons. The number of rotatable bonds is 7. The van der Waals surface area contributed by atoms with E-state index in [1.54, 1.807) is 12.3 Å². The van der Waals surface area contributed by atoms with Crippen molar-refractivity contribution < 1.29 is 17.9 Å². The van der Waals surface area contributed by atoms with Crippen LogP contribution in [-0.2, 0) is 6.54 Å². The molecule has 8 heteroatoms. The largest absolute Gasteiger partial charge is 0.492 e. The van der Waals surface area contributed by atoms with E-state index < -0.39 is 17.5 Å². The van der Waals surface area contributed by atoms with Crippen molar-refractivity contribution in [3.05, 3.63) is 83.6 Å². The van der Waals surface area contributed by atoms with Gasteiger partial charge < -0.3 is 15.0 Å². The average molecular weight is 448 g/mol. The third kappa shape index (κ3) is 5.18. The molecule has 0 atom stereocenters. The third-order valence-electron chi connectivity index (χ3n) is 4.74. The predicted octanol–water partition coefficient (Wildman–Crippen LogP) is 5.55. The lowest BCUT2D eigenvalue weighted by atomic mass is 10.1. The Balaban J connectivity index is 0.00000272. The number of ether oxygens (including phenoxy) is 1. The first kappa shape index (κ1) is 22.7. The van der Waals surface area contributed by atoms with Gasteiger partial charge >= 0.3 is 0 Å². The molecule has 2 aromatic heterocycles. The first-order chi connectivity index (χ1) is 14.5. The maximum absolute atomic E-state index is 13.5. The zero-order valence-electron chi connectivity index (χ0n) is 16.7. The highest BCUT2D eigenvalue weighted by atomic mass is 35.5. The van der Waals surface area contributed by atoms with Crippen LogP contribution in [0.4, 0.5) is 13.2 Å². The minimum Gasteiger partial charge on any atom is -0.492 e. The van der Waals surface area contributed by atoms with E-state index in [4.69, 9.17) is 4.74 Å². The van der Waals surface area contributed by atoms with Gasteiger partial charge in [0.1, 0.15) is 12.4 Å². The molecule has 0 saturated carbocycles. The van der Waals surface area contributed by atoms with Crippen LogP contribution in [-0.4, -0.2) is 23.1 Å². The van der Waals surface area contributed by atoms with Crippen molar-refractivity contribution in [3.8, 4) is 16.9 Å². The molecular formula is C23H21ClF3N3O. The molecule has 2 N–H and O–H groups in total. The lowest BCUT2D eigenvalue weighted by Crippen LogP contribution is -2.20. The number of aromatic amines is 1. The lowest BCUT2D eigenvalue weighted by molar-refractivity contribution is 0.317.